The summed E-state index contributed by atoms with van der Waals surface area (Å²) in [5.74, 6) is -0.259. The molecule has 3 heteroatoms. The quantitative estimate of drug-likeness (QED) is 0.689. The molecule has 1 aliphatic rings. The molecule has 0 bridgehead atoms. The van der Waals surface area contributed by atoms with Gasteiger partial charge in [-0.3, -0.25) is 4.79 Å². The lowest BCUT2D eigenvalue weighted by Crippen LogP contribution is -2.50. The molecule has 1 aliphatic carbocycles. The summed E-state index contributed by atoms with van der Waals surface area (Å²) in [5, 5.41) is 9.10. The maximum atomic E-state index is 11.1. The van der Waals surface area contributed by atoms with Gasteiger partial charge in [0.25, 0.3) is 0 Å². The summed E-state index contributed by atoms with van der Waals surface area (Å²) in [6.07, 6.45) is 6.79. The lowest BCUT2D eigenvalue weighted by atomic mass is 9.74. The topological polar surface area (TPSA) is 63.3 Å². The van der Waals surface area contributed by atoms with Crippen molar-refractivity contribution in [3.8, 4) is 0 Å². The molecule has 0 saturated heterocycles. The van der Waals surface area contributed by atoms with E-state index in [1.165, 1.54) is 19.3 Å². The molecule has 0 unspecified atom stereocenters. The van der Waals surface area contributed by atoms with E-state index in [9.17, 15) is 4.79 Å². The lowest BCUT2D eigenvalue weighted by molar-refractivity contribution is -0.144. The molecule has 0 amide bonds. The van der Waals surface area contributed by atoms with Crippen LogP contribution >= 0.6 is 0 Å². The van der Waals surface area contributed by atoms with Crippen molar-refractivity contribution >= 4 is 5.97 Å². The van der Waals surface area contributed by atoms with Crippen molar-refractivity contribution in [3.05, 3.63) is 0 Å². The van der Waals surface area contributed by atoms with Gasteiger partial charge in [-0.25, -0.2) is 0 Å². The van der Waals surface area contributed by atoms with E-state index in [4.69, 9.17) is 10.8 Å². The number of unbranched alkanes of at least 4 members (excludes halogenated alkanes) is 1. The van der Waals surface area contributed by atoms with Crippen molar-refractivity contribution in [2.24, 2.45) is 11.7 Å². The fourth-order valence-corrected chi connectivity index (χ4v) is 2.00. The van der Waals surface area contributed by atoms with Gasteiger partial charge in [-0.15, -0.1) is 0 Å². The monoisotopic (exact) mass is 199 g/mol. The van der Waals surface area contributed by atoms with Gasteiger partial charge in [0.1, 0.15) is 5.54 Å². The standard InChI is InChI=1S/C11H21NO2/c1-2-3-7-11(12,10(13)14)8-9-5-4-6-9/h9H,2-8,12H2,1H3,(H,13,14)/t11-/m1/s1. The first-order chi connectivity index (χ1) is 6.58. The highest BCUT2D eigenvalue weighted by molar-refractivity contribution is 5.78. The predicted octanol–water partition coefficient (Wildman–Crippen LogP) is 2.15. The number of rotatable bonds is 6. The molecule has 1 saturated carbocycles. The minimum atomic E-state index is -0.957. The highest BCUT2D eigenvalue weighted by atomic mass is 16.4. The van der Waals surface area contributed by atoms with E-state index < -0.39 is 11.5 Å². The van der Waals surface area contributed by atoms with Crippen LogP contribution in [0.5, 0.6) is 0 Å². The van der Waals surface area contributed by atoms with Gasteiger partial charge in [-0.05, 0) is 18.8 Å². The molecule has 0 aliphatic heterocycles. The largest absolute Gasteiger partial charge is 0.480 e. The van der Waals surface area contributed by atoms with Gasteiger partial charge in [0, 0.05) is 0 Å². The second-order valence-corrected chi connectivity index (χ2v) is 4.57. The smallest absolute Gasteiger partial charge is 0.323 e. The molecule has 82 valence electrons. The molecule has 0 aromatic carbocycles. The maximum absolute atomic E-state index is 11.1. The van der Waals surface area contributed by atoms with Crippen LogP contribution in [0.25, 0.3) is 0 Å². The molecule has 3 nitrogen and oxygen atoms in total. The Hall–Kier alpha value is -0.570. The number of carbonyl (C=O) groups is 1. The minimum Gasteiger partial charge on any atom is -0.480 e. The van der Waals surface area contributed by atoms with Crippen LogP contribution in [0.1, 0.15) is 51.9 Å². The van der Waals surface area contributed by atoms with Gasteiger partial charge in [0.2, 0.25) is 0 Å². The van der Waals surface area contributed by atoms with Crippen LogP contribution in [-0.4, -0.2) is 16.6 Å². The van der Waals surface area contributed by atoms with Gasteiger partial charge in [-0.1, -0.05) is 39.0 Å². The summed E-state index contributed by atoms with van der Waals surface area (Å²) in [5.41, 5.74) is 4.98. The van der Waals surface area contributed by atoms with Crippen LogP contribution < -0.4 is 5.73 Å². The fraction of sp³-hybridized carbons (Fsp3) is 0.909. The van der Waals surface area contributed by atoms with Crippen LogP contribution in [0.3, 0.4) is 0 Å². The van der Waals surface area contributed by atoms with E-state index >= 15 is 0 Å². The average molecular weight is 199 g/mol. The highest BCUT2D eigenvalue weighted by Gasteiger charge is 2.37. The van der Waals surface area contributed by atoms with Gasteiger partial charge < -0.3 is 10.8 Å². The molecular formula is C11H21NO2. The molecule has 1 fully saturated rings. The van der Waals surface area contributed by atoms with Gasteiger partial charge in [0.05, 0.1) is 0 Å². The third kappa shape index (κ3) is 2.71. The first-order valence-corrected chi connectivity index (χ1v) is 5.61. The minimum absolute atomic E-state index is 0.563. The number of carboxylic acid groups (broad SMARTS) is 1. The second kappa shape index (κ2) is 4.78. The van der Waals surface area contributed by atoms with Crippen molar-refractivity contribution in [1.29, 1.82) is 0 Å². The molecule has 0 spiro atoms. The second-order valence-electron chi connectivity index (χ2n) is 4.57. The van der Waals surface area contributed by atoms with E-state index in [-0.39, 0.29) is 0 Å². The lowest BCUT2D eigenvalue weighted by Gasteiger charge is -2.34. The summed E-state index contributed by atoms with van der Waals surface area (Å²) in [6, 6.07) is 0. The van der Waals surface area contributed by atoms with Crippen LogP contribution in [0, 0.1) is 5.92 Å². The molecule has 1 rings (SSSR count). The Bertz CT molecular complexity index is 201. The first kappa shape index (κ1) is 11.5. The summed E-state index contributed by atoms with van der Waals surface area (Å²) >= 11 is 0. The van der Waals surface area contributed by atoms with E-state index in [1.807, 2.05) is 0 Å². The number of nitrogens with two attached hydrogens (primary N) is 1. The number of hydrogen-bond acceptors (Lipinski definition) is 2. The Balaban J connectivity index is 2.46. The van der Waals surface area contributed by atoms with Gasteiger partial charge >= 0.3 is 5.97 Å². The Morgan fingerprint density at radius 3 is 2.57 bits per heavy atom. The number of carboxylic acids is 1. The zero-order valence-electron chi connectivity index (χ0n) is 8.96. The zero-order chi connectivity index (χ0) is 10.6. The molecule has 0 radical (unpaired) electrons. The molecule has 0 heterocycles. The maximum Gasteiger partial charge on any atom is 0.323 e. The van der Waals surface area contributed by atoms with E-state index in [0.29, 0.717) is 18.8 Å². The zero-order valence-corrected chi connectivity index (χ0v) is 8.96. The fourth-order valence-electron chi connectivity index (χ4n) is 2.00. The summed E-state index contributed by atoms with van der Waals surface area (Å²) in [7, 11) is 0. The van der Waals surface area contributed by atoms with Gasteiger partial charge in [-0.2, -0.15) is 0 Å². The molecule has 3 N–H and O–H groups in total. The molecular weight excluding hydrogens is 178 g/mol. The van der Waals surface area contributed by atoms with Crippen LogP contribution in [-0.2, 0) is 4.79 Å². The predicted molar refractivity (Wildman–Crippen MR) is 56.0 cm³/mol. The Labute approximate surface area is 85.7 Å². The van der Waals surface area contributed by atoms with Crippen LogP contribution in [0.15, 0.2) is 0 Å². The molecule has 0 aromatic rings. The van der Waals surface area contributed by atoms with E-state index in [1.54, 1.807) is 0 Å². The molecule has 1 atom stereocenters. The van der Waals surface area contributed by atoms with Gasteiger partial charge in [0.15, 0.2) is 0 Å². The normalized spacial score (nSPS) is 21.3. The van der Waals surface area contributed by atoms with Crippen molar-refractivity contribution in [2.45, 2.75) is 57.4 Å². The number of aliphatic carboxylic acids is 1. The Kier molecular flexibility index (Phi) is 3.93. The average Bonchev–Trinajstić information content (AvgIpc) is 2.08. The number of hydrogen-bond donors (Lipinski definition) is 2. The van der Waals surface area contributed by atoms with Crippen LogP contribution in [0.4, 0.5) is 0 Å². The summed E-state index contributed by atoms with van der Waals surface area (Å²) in [6.45, 7) is 2.06. The van der Waals surface area contributed by atoms with Crippen LogP contribution in [0.2, 0.25) is 0 Å². The Morgan fingerprint density at radius 1 is 1.57 bits per heavy atom. The Morgan fingerprint density at radius 2 is 2.21 bits per heavy atom. The van der Waals surface area contributed by atoms with Crippen molar-refractivity contribution in [2.75, 3.05) is 0 Å². The third-order valence-electron chi connectivity index (χ3n) is 3.28. The van der Waals surface area contributed by atoms with E-state index in [2.05, 4.69) is 6.92 Å². The van der Waals surface area contributed by atoms with Crippen molar-refractivity contribution < 1.29 is 9.90 Å². The molecule has 0 aromatic heterocycles. The summed E-state index contributed by atoms with van der Waals surface area (Å²) in [4.78, 5) is 11.1. The summed E-state index contributed by atoms with van der Waals surface area (Å²) < 4.78 is 0. The van der Waals surface area contributed by atoms with Crippen molar-refractivity contribution in [1.82, 2.24) is 0 Å². The third-order valence-corrected chi connectivity index (χ3v) is 3.28. The van der Waals surface area contributed by atoms with E-state index in [0.717, 1.165) is 12.8 Å². The molecule has 14 heavy (non-hydrogen) atoms. The van der Waals surface area contributed by atoms with Crippen molar-refractivity contribution in [3.63, 3.8) is 0 Å². The highest BCUT2D eigenvalue weighted by Crippen LogP contribution is 2.34. The first-order valence-electron chi connectivity index (χ1n) is 5.61. The SMILES string of the molecule is CCCC[C@@](N)(CC1CCC1)C(=O)O.